The van der Waals surface area contributed by atoms with Crippen molar-refractivity contribution in [1.29, 1.82) is 0 Å². The molecule has 3 aliphatic heterocycles. The van der Waals surface area contributed by atoms with Gasteiger partial charge in [-0.3, -0.25) is 4.79 Å². The average molecular weight is 977 g/mol. The van der Waals surface area contributed by atoms with Gasteiger partial charge >= 0.3 is 12.1 Å². The van der Waals surface area contributed by atoms with Crippen LogP contribution in [0.25, 0.3) is 0 Å². The first-order chi connectivity index (χ1) is 32.2. The molecule has 5 N–H and O–H groups in total. The van der Waals surface area contributed by atoms with Crippen LogP contribution in [-0.2, 0) is 51.0 Å². The molecule has 3 fully saturated rings. The summed E-state index contributed by atoms with van der Waals surface area (Å²) in [6.07, 6.45) is -7.94. The molecule has 392 valence electrons. The van der Waals surface area contributed by atoms with E-state index in [1.54, 1.807) is 52.4 Å². The van der Waals surface area contributed by atoms with Crippen molar-refractivity contribution in [3.8, 4) is 0 Å². The van der Waals surface area contributed by atoms with Crippen molar-refractivity contribution in [3.63, 3.8) is 0 Å². The van der Waals surface area contributed by atoms with Crippen LogP contribution in [0.2, 0.25) is 0 Å². The van der Waals surface area contributed by atoms with Gasteiger partial charge in [-0.15, -0.1) is 5.10 Å². The third kappa shape index (κ3) is 13.6. The van der Waals surface area contributed by atoms with Gasteiger partial charge in [0.15, 0.2) is 18.7 Å². The second-order valence-electron chi connectivity index (χ2n) is 21.2. The van der Waals surface area contributed by atoms with E-state index in [-0.39, 0.29) is 43.9 Å². The number of aromatic nitrogens is 3. The molecule has 0 spiro atoms. The highest BCUT2D eigenvalue weighted by atomic mass is 16.7. The molecule has 0 unspecified atom stereocenters. The fourth-order valence-corrected chi connectivity index (χ4v) is 10.7. The van der Waals surface area contributed by atoms with Crippen molar-refractivity contribution in [1.82, 2.24) is 30.1 Å². The molecule has 4 heterocycles. The van der Waals surface area contributed by atoms with Crippen molar-refractivity contribution in [3.05, 3.63) is 47.3 Å². The number of hydrogen-bond donors (Lipinski definition) is 5. The van der Waals surface area contributed by atoms with Gasteiger partial charge in [-0.2, -0.15) is 0 Å². The number of amides is 1. The van der Waals surface area contributed by atoms with Gasteiger partial charge in [0.1, 0.15) is 35.2 Å². The molecule has 1 amide bonds. The van der Waals surface area contributed by atoms with Gasteiger partial charge in [0.2, 0.25) is 0 Å². The van der Waals surface area contributed by atoms with Gasteiger partial charge in [-0.1, -0.05) is 50.3 Å². The predicted octanol–water partition coefficient (Wildman–Crippen LogP) is 3.78. The third-order valence-electron chi connectivity index (χ3n) is 15.0. The zero-order chi connectivity index (χ0) is 51.3. The minimum absolute atomic E-state index is 0.0398. The Bertz CT molecular complexity index is 1970. The Morgan fingerprint density at radius 1 is 1.00 bits per heavy atom. The second-order valence-corrected chi connectivity index (χ2v) is 21.2. The fourth-order valence-electron chi connectivity index (χ4n) is 10.7. The Kier molecular flexibility index (Phi) is 19.2. The highest BCUT2D eigenvalue weighted by Gasteiger charge is 2.54. The van der Waals surface area contributed by atoms with Crippen LogP contribution < -0.4 is 5.32 Å². The van der Waals surface area contributed by atoms with Gasteiger partial charge in [-0.05, 0) is 113 Å². The second kappa shape index (κ2) is 23.5. The number of carbonyl (C=O) groups excluding carboxylic acids is 2. The number of aryl methyl sites for hydroxylation is 1. The average Bonchev–Trinajstić information content (AvgIpc) is 3.73. The summed E-state index contributed by atoms with van der Waals surface area (Å²) in [7, 11) is 7.10. The number of nitrogens with zero attached hydrogens (tertiary/aromatic N) is 5. The zero-order valence-corrected chi connectivity index (χ0v) is 43.7. The number of aliphatic hydroxyl groups excluding tert-OH is 2. The van der Waals surface area contributed by atoms with Crippen molar-refractivity contribution in [2.75, 3.05) is 34.8 Å². The van der Waals surface area contributed by atoms with Crippen molar-refractivity contribution < 1.29 is 63.2 Å². The number of likely N-dealkylation sites (N-methyl/N-ethyl adjacent to an activating group) is 2. The SMILES string of the molecule is CC[C@H]1OC(=O)[C@H](C)[C@@H](O[C@H]2C[C@@](C)(OC)[C@@H](OC(=O)NCc3cn(Cc4ccccc4C)nn3)[C@H](C)O2)[C@H](C)[C@@H](O[C@@H]2O[C@H](C)C[C@H](N(C)C)[C@H]2O)[C@](C)(O)C[C@@H](C)CN(C)[C@H](C)[C@@H](O)[C@]1(C)O. The summed E-state index contributed by atoms with van der Waals surface area (Å²) in [5, 5.41) is 59.2. The van der Waals surface area contributed by atoms with Crippen LogP contribution in [-0.4, -0.2) is 182 Å². The number of hydrogen-bond acceptors (Lipinski definition) is 17. The third-order valence-corrected chi connectivity index (χ3v) is 15.0. The maximum absolute atomic E-state index is 14.5. The number of nitrogens with one attached hydrogen (secondary N) is 1. The standard InChI is InChI=1S/C50H84N6O13/c1-16-38-50(11,62)42(58)33(7)55(14)25-28(2)22-48(9,61)43(68-46-40(57)37(54(12)13)21-30(4)64-46)31(5)41(32(6)45(59)66-38)67-39-23-49(10,63-15)44(34(8)65-39)69-47(60)51-24-36-27-56(53-52-36)26-35-20-18-17-19-29(35)3/h17-20,27-28,30-34,37-44,46,57-58,61-62H,16,21-26H2,1-15H3,(H,51,60)/t28-,30-,31+,32-,33-,34+,37+,38-,39+,40-,41+,42-,43-,44+,46+,48-,49-,50-/m1/s1. The Morgan fingerprint density at radius 2 is 1.68 bits per heavy atom. The van der Waals surface area contributed by atoms with Gasteiger partial charge in [0.05, 0.1) is 55.2 Å². The summed E-state index contributed by atoms with van der Waals surface area (Å²) >= 11 is 0. The molecule has 3 aliphatic rings. The molecule has 18 atom stereocenters. The van der Waals surface area contributed by atoms with E-state index >= 15 is 0 Å². The summed E-state index contributed by atoms with van der Waals surface area (Å²) in [5.74, 6) is -2.82. The monoisotopic (exact) mass is 977 g/mol. The molecule has 0 aliphatic carbocycles. The van der Waals surface area contributed by atoms with Crippen LogP contribution in [0.4, 0.5) is 4.79 Å². The van der Waals surface area contributed by atoms with E-state index in [9.17, 15) is 30.0 Å². The zero-order valence-electron chi connectivity index (χ0n) is 43.7. The lowest BCUT2D eigenvalue weighted by Gasteiger charge is -2.49. The molecule has 19 nitrogen and oxygen atoms in total. The summed E-state index contributed by atoms with van der Waals surface area (Å²) in [6.45, 7) is 20.6. The lowest BCUT2D eigenvalue weighted by Crippen LogP contribution is -2.61. The number of rotatable bonds is 12. The molecule has 3 saturated heterocycles. The van der Waals surface area contributed by atoms with E-state index in [4.69, 9.17) is 33.2 Å². The molecule has 1 aromatic heterocycles. The lowest BCUT2D eigenvalue weighted by atomic mass is 9.77. The molecule has 19 heteroatoms. The van der Waals surface area contributed by atoms with Crippen molar-refractivity contribution >= 4 is 12.1 Å². The van der Waals surface area contributed by atoms with Gasteiger partial charge < -0.3 is 68.7 Å². The number of methoxy groups -OCH3 is 1. The summed E-state index contributed by atoms with van der Waals surface area (Å²) in [4.78, 5) is 31.8. The van der Waals surface area contributed by atoms with Crippen molar-refractivity contribution in [2.45, 2.75) is 205 Å². The molecule has 69 heavy (non-hydrogen) atoms. The normalized spacial score (nSPS) is 40.1. The largest absolute Gasteiger partial charge is 0.459 e. The van der Waals surface area contributed by atoms with Crippen LogP contribution in [0.15, 0.2) is 30.5 Å². The van der Waals surface area contributed by atoms with E-state index in [1.165, 1.54) is 14.0 Å². The van der Waals surface area contributed by atoms with E-state index in [2.05, 4.69) is 15.6 Å². The number of cyclic esters (lactones) is 1. The van der Waals surface area contributed by atoms with Crippen LogP contribution in [0, 0.1) is 24.7 Å². The van der Waals surface area contributed by atoms with E-state index < -0.39 is 102 Å². The van der Waals surface area contributed by atoms with Gasteiger partial charge in [-0.25, -0.2) is 9.48 Å². The van der Waals surface area contributed by atoms with Gasteiger partial charge in [0.25, 0.3) is 0 Å². The summed E-state index contributed by atoms with van der Waals surface area (Å²) in [6, 6.07) is 7.12. The highest BCUT2D eigenvalue weighted by molar-refractivity contribution is 5.73. The molecule has 0 bridgehead atoms. The molecule has 2 aromatic rings. The fraction of sp³-hybridized carbons (Fsp3) is 0.800. The number of aliphatic hydroxyl groups is 4. The number of alkyl carbamates (subject to hydrolysis) is 1. The molecule has 5 rings (SSSR count). The van der Waals surface area contributed by atoms with Crippen molar-refractivity contribution in [2.24, 2.45) is 17.8 Å². The van der Waals surface area contributed by atoms with Crippen LogP contribution >= 0.6 is 0 Å². The number of carbonyl (C=O) groups is 2. The predicted molar refractivity (Wildman–Crippen MR) is 256 cm³/mol. The molecule has 0 radical (unpaired) electrons. The first-order valence-electron chi connectivity index (χ1n) is 24.7. The van der Waals surface area contributed by atoms with Gasteiger partial charge in [0, 0.05) is 38.1 Å². The minimum Gasteiger partial charge on any atom is -0.459 e. The number of ether oxygens (including phenoxy) is 7. The molecule has 0 saturated carbocycles. The number of benzene rings is 1. The summed E-state index contributed by atoms with van der Waals surface area (Å²) < 4.78 is 46.4. The van der Waals surface area contributed by atoms with E-state index in [1.807, 2.05) is 82.9 Å². The van der Waals surface area contributed by atoms with Crippen LogP contribution in [0.1, 0.15) is 112 Å². The van der Waals surface area contributed by atoms with Crippen LogP contribution in [0.3, 0.4) is 0 Å². The molecule has 1 aromatic carbocycles. The maximum atomic E-state index is 14.5. The first kappa shape index (κ1) is 56.6. The molecular weight excluding hydrogens is 893 g/mol. The molecular formula is C50H84N6O13. The Hall–Kier alpha value is -3.34. The Morgan fingerprint density at radius 3 is 2.32 bits per heavy atom. The highest BCUT2D eigenvalue weighted by Crippen LogP contribution is 2.41. The van der Waals surface area contributed by atoms with E-state index in [0.717, 1.165) is 11.1 Å². The van der Waals surface area contributed by atoms with E-state index in [0.29, 0.717) is 25.2 Å². The quantitative estimate of drug-likeness (QED) is 0.191. The topological polar surface area (TPSA) is 229 Å². The lowest BCUT2D eigenvalue weighted by molar-refractivity contribution is -0.317. The summed E-state index contributed by atoms with van der Waals surface area (Å²) in [5.41, 5.74) is -1.86. The number of esters is 1. The Balaban J connectivity index is 1.43. The smallest absolute Gasteiger partial charge is 0.407 e. The Labute approximate surface area is 409 Å². The first-order valence-corrected chi connectivity index (χ1v) is 24.7. The maximum Gasteiger partial charge on any atom is 0.407 e. The minimum atomic E-state index is -1.85. The van der Waals surface area contributed by atoms with Crippen LogP contribution in [0.5, 0.6) is 0 Å².